The van der Waals surface area contributed by atoms with Gasteiger partial charge in [0.15, 0.2) is 0 Å². The minimum absolute atomic E-state index is 0.218. The number of aliphatic carboxylic acids is 1. The van der Waals surface area contributed by atoms with Gasteiger partial charge in [0, 0.05) is 6.54 Å². The summed E-state index contributed by atoms with van der Waals surface area (Å²) in [5.74, 6) is -0.212. The molecule has 1 rings (SSSR count). The molecule has 0 bridgehead atoms. The average molecular weight is 235 g/mol. The van der Waals surface area contributed by atoms with Crippen LogP contribution >= 0.6 is 0 Å². The molecule has 3 nitrogen and oxygen atoms in total. The zero-order valence-electron chi connectivity index (χ0n) is 10.6. The highest BCUT2D eigenvalue weighted by atomic mass is 16.4. The van der Waals surface area contributed by atoms with Gasteiger partial charge in [-0.05, 0) is 31.5 Å². The van der Waals surface area contributed by atoms with Crippen LogP contribution in [0.15, 0.2) is 30.3 Å². The molecule has 0 amide bonds. The molecular formula is C14H21NO2. The van der Waals surface area contributed by atoms with E-state index in [0.717, 1.165) is 13.0 Å². The van der Waals surface area contributed by atoms with Crippen LogP contribution < -0.4 is 0 Å². The Bertz CT molecular complexity index is 337. The minimum atomic E-state index is -0.729. The second-order valence-electron chi connectivity index (χ2n) is 4.55. The van der Waals surface area contributed by atoms with E-state index < -0.39 is 5.97 Å². The van der Waals surface area contributed by atoms with Crippen molar-refractivity contribution in [3.05, 3.63) is 35.9 Å². The van der Waals surface area contributed by atoms with Gasteiger partial charge < -0.3 is 10.0 Å². The first kappa shape index (κ1) is 13.7. The number of carbonyl (C=O) groups is 1. The van der Waals surface area contributed by atoms with Gasteiger partial charge in [0.25, 0.3) is 0 Å². The highest BCUT2D eigenvalue weighted by Crippen LogP contribution is 2.18. The Hall–Kier alpha value is -1.35. The molecule has 0 spiro atoms. The molecule has 0 aliphatic carbocycles. The maximum absolute atomic E-state index is 10.4. The van der Waals surface area contributed by atoms with Gasteiger partial charge in [0.2, 0.25) is 0 Å². The Morgan fingerprint density at radius 1 is 1.29 bits per heavy atom. The number of carboxylic acid groups (broad SMARTS) is 1. The summed E-state index contributed by atoms with van der Waals surface area (Å²) in [6, 6.07) is 10.4. The maximum atomic E-state index is 10.4. The van der Waals surface area contributed by atoms with E-state index in [1.807, 2.05) is 13.1 Å². The summed E-state index contributed by atoms with van der Waals surface area (Å²) in [7, 11) is 1.97. The summed E-state index contributed by atoms with van der Waals surface area (Å²) in [5.41, 5.74) is 1.35. The third kappa shape index (κ3) is 5.50. The monoisotopic (exact) mass is 235 g/mol. The molecule has 0 saturated heterocycles. The van der Waals surface area contributed by atoms with Crippen LogP contribution in [-0.4, -0.2) is 36.1 Å². The van der Waals surface area contributed by atoms with Crippen molar-refractivity contribution in [2.24, 2.45) is 0 Å². The van der Waals surface area contributed by atoms with Crippen LogP contribution in [0.5, 0.6) is 0 Å². The predicted molar refractivity (Wildman–Crippen MR) is 69.2 cm³/mol. The van der Waals surface area contributed by atoms with Crippen molar-refractivity contribution in [3.8, 4) is 0 Å². The topological polar surface area (TPSA) is 40.5 Å². The number of hydrogen-bond donors (Lipinski definition) is 1. The van der Waals surface area contributed by atoms with Gasteiger partial charge in [-0.3, -0.25) is 4.79 Å². The number of nitrogens with zero attached hydrogens (tertiary/aromatic N) is 1. The first-order chi connectivity index (χ1) is 8.09. The fourth-order valence-electron chi connectivity index (χ4n) is 1.76. The van der Waals surface area contributed by atoms with Crippen LogP contribution in [0, 0.1) is 0 Å². The summed E-state index contributed by atoms with van der Waals surface area (Å²) < 4.78 is 0. The largest absolute Gasteiger partial charge is 0.481 e. The molecular weight excluding hydrogens is 214 g/mol. The van der Waals surface area contributed by atoms with Gasteiger partial charge >= 0.3 is 5.97 Å². The zero-order chi connectivity index (χ0) is 12.7. The van der Waals surface area contributed by atoms with Gasteiger partial charge in [0.1, 0.15) is 0 Å². The van der Waals surface area contributed by atoms with Crippen LogP contribution in [0.3, 0.4) is 0 Å². The van der Waals surface area contributed by atoms with E-state index >= 15 is 0 Å². The smallest absolute Gasteiger partial charge is 0.304 e. The lowest BCUT2D eigenvalue weighted by atomic mass is 9.98. The lowest BCUT2D eigenvalue weighted by Crippen LogP contribution is -2.23. The molecule has 3 heteroatoms. The molecule has 17 heavy (non-hydrogen) atoms. The quantitative estimate of drug-likeness (QED) is 0.789. The average Bonchev–Trinajstić information content (AvgIpc) is 2.34. The fraction of sp³-hybridized carbons (Fsp3) is 0.500. The summed E-state index contributed by atoms with van der Waals surface area (Å²) >= 11 is 0. The van der Waals surface area contributed by atoms with Crippen molar-refractivity contribution in [1.29, 1.82) is 0 Å². The SMILES string of the molecule is CC(CCN(C)CCC(=O)O)c1ccccc1. The summed E-state index contributed by atoms with van der Waals surface area (Å²) in [6.45, 7) is 3.76. The van der Waals surface area contributed by atoms with E-state index in [4.69, 9.17) is 5.11 Å². The fourth-order valence-corrected chi connectivity index (χ4v) is 1.76. The predicted octanol–water partition coefficient (Wildman–Crippen LogP) is 2.59. The molecule has 1 N–H and O–H groups in total. The third-order valence-corrected chi connectivity index (χ3v) is 3.02. The Morgan fingerprint density at radius 3 is 2.53 bits per heavy atom. The molecule has 1 aromatic rings. The van der Waals surface area contributed by atoms with Gasteiger partial charge in [0.05, 0.1) is 6.42 Å². The van der Waals surface area contributed by atoms with Crippen LogP contribution in [0.2, 0.25) is 0 Å². The van der Waals surface area contributed by atoms with Gasteiger partial charge in [-0.25, -0.2) is 0 Å². The molecule has 0 saturated carbocycles. The third-order valence-electron chi connectivity index (χ3n) is 3.02. The van der Waals surface area contributed by atoms with Crippen molar-refractivity contribution < 1.29 is 9.90 Å². The lowest BCUT2D eigenvalue weighted by Gasteiger charge is -2.18. The lowest BCUT2D eigenvalue weighted by molar-refractivity contribution is -0.137. The van der Waals surface area contributed by atoms with E-state index in [2.05, 4.69) is 36.1 Å². The molecule has 1 atom stereocenters. The number of hydrogen-bond acceptors (Lipinski definition) is 2. The maximum Gasteiger partial charge on any atom is 0.304 e. The Balaban J connectivity index is 2.28. The molecule has 0 aromatic heterocycles. The molecule has 0 radical (unpaired) electrons. The Kier molecular flexibility index (Phi) is 5.70. The normalized spacial score (nSPS) is 12.6. The first-order valence-corrected chi connectivity index (χ1v) is 6.05. The second-order valence-corrected chi connectivity index (χ2v) is 4.55. The second kappa shape index (κ2) is 7.07. The highest BCUT2D eigenvalue weighted by molar-refractivity contribution is 5.66. The zero-order valence-corrected chi connectivity index (χ0v) is 10.6. The molecule has 0 heterocycles. The van der Waals surface area contributed by atoms with E-state index in [1.165, 1.54) is 5.56 Å². The Labute approximate surface area is 103 Å². The molecule has 1 aromatic carbocycles. The van der Waals surface area contributed by atoms with E-state index in [1.54, 1.807) is 0 Å². The van der Waals surface area contributed by atoms with Crippen molar-refractivity contribution in [2.75, 3.05) is 20.1 Å². The molecule has 94 valence electrons. The number of rotatable bonds is 7. The summed E-state index contributed by atoms with van der Waals surface area (Å²) in [6.07, 6.45) is 1.27. The van der Waals surface area contributed by atoms with Crippen molar-refractivity contribution >= 4 is 5.97 Å². The Morgan fingerprint density at radius 2 is 1.94 bits per heavy atom. The summed E-state index contributed by atoms with van der Waals surface area (Å²) in [5, 5.41) is 8.59. The summed E-state index contributed by atoms with van der Waals surface area (Å²) in [4.78, 5) is 12.5. The van der Waals surface area contributed by atoms with E-state index in [0.29, 0.717) is 12.5 Å². The van der Waals surface area contributed by atoms with Crippen molar-refractivity contribution in [1.82, 2.24) is 4.90 Å². The molecule has 0 fully saturated rings. The van der Waals surface area contributed by atoms with E-state index in [-0.39, 0.29) is 6.42 Å². The van der Waals surface area contributed by atoms with Crippen LogP contribution in [0.25, 0.3) is 0 Å². The minimum Gasteiger partial charge on any atom is -0.481 e. The van der Waals surface area contributed by atoms with Crippen LogP contribution in [-0.2, 0) is 4.79 Å². The van der Waals surface area contributed by atoms with Crippen LogP contribution in [0.4, 0.5) is 0 Å². The standard InChI is InChI=1S/C14H21NO2/c1-12(13-6-4-3-5-7-13)8-10-15(2)11-9-14(16)17/h3-7,12H,8-11H2,1-2H3,(H,16,17). The van der Waals surface area contributed by atoms with Crippen LogP contribution in [0.1, 0.15) is 31.2 Å². The van der Waals surface area contributed by atoms with Gasteiger partial charge in [-0.1, -0.05) is 37.3 Å². The first-order valence-electron chi connectivity index (χ1n) is 6.05. The van der Waals surface area contributed by atoms with Crippen molar-refractivity contribution in [3.63, 3.8) is 0 Å². The van der Waals surface area contributed by atoms with Crippen molar-refractivity contribution in [2.45, 2.75) is 25.7 Å². The molecule has 0 aliphatic rings. The van der Waals surface area contributed by atoms with Gasteiger partial charge in [-0.2, -0.15) is 0 Å². The molecule has 1 unspecified atom stereocenters. The highest BCUT2D eigenvalue weighted by Gasteiger charge is 2.07. The van der Waals surface area contributed by atoms with Gasteiger partial charge in [-0.15, -0.1) is 0 Å². The molecule has 0 aliphatic heterocycles. The number of carboxylic acids is 1. The van der Waals surface area contributed by atoms with E-state index in [9.17, 15) is 4.79 Å². The number of benzene rings is 1.